The highest BCUT2D eigenvalue weighted by Crippen LogP contribution is 2.18. The van der Waals surface area contributed by atoms with Crippen molar-refractivity contribution in [1.29, 1.82) is 0 Å². The molecule has 0 aliphatic carbocycles. The van der Waals surface area contributed by atoms with Gasteiger partial charge in [0.2, 0.25) is 0 Å². The van der Waals surface area contributed by atoms with Crippen LogP contribution in [0, 0.1) is 0 Å². The third-order valence-electron chi connectivity index (χ3n) is 5.34. The first kappa shape index (κ1) is 22.2. The predicted molar refractivity (Wildman–Crippen MR) is 117 cm³/mol. The van der Waals surface area contributed by atoms with Crippen LogP contribution < -0.4 is 16.0 Å². The summed E-state index contributed by atoms with van der Waals surface area (Å²) < 4.78 is 0. The van der Waals surface area contributed by atoms with Gasteiger partial charge < -0.3 is 16.0 Å². The molecule has 6 nitrogen and oxygen atoms in total. The van der Waals surface area contributed by atoms with E-state index in [2.05, 4.69) is 40.8 Å². The van der Waals surface area contributed by atoms with Gasteiger partial charge in [0.1, 0.15) is 0 Å². The van der Waals surface area contributed by atoms with E-state index in [-0.39, 0.29) is 5.91 Å². The van der Waals surface area contributed by atoms with Crippen molar-refractivity contribution in [3.63, 3.8) is 0 Å². The van der Waals surface area contributed by atoms with Crippen LogP contribution in [0.15, 0.2) is 29.3 Å². The first-order chi connectivity index (χ1) is 13.7. The summed E-state index contributed by atoms with van der Waals surface area (Å²) in [5.74, 6) is 0.822. The molecule has 156 valence electrons. The molecule has 1 heterocycles. The van der Waals surface area contributed by atoms with Gasteiger partial charge in [-0.15, -0.1) is 0 Å². The molecule has 0 aromatic heterocycles. The fraction of sp³-hybridized carbons (Fsp3) is 0.636. The molecule has 3 N–H and O–H groups in total. The van der Waals surface area contributed by atoms with Crippen molar-refractivity contribution >= 4 is 11.9 Å². The van der Waals surface area contributed by atoms with E-state index in [1.165, 1.54) is 32.2 Å². The third kappa shape index (κ3) is 7.15. The van der Waals surface area contributed by atoms with Crippen molar-refractivity contribution < 1.29 is 4.79 Å². The second-order valence-electron chi connectivity index (χ2n) is 7.31. The fourth-order valence-electron chi connectivity index (χ4n) is 3.79. The summed E-state index contributed by atoms with van der Waals surface area (Å²) in [7, 11) is 1.66. The van der Waals surface area contributed by atoms with E-state index in [0.717, 1.165) is 50.2 Å². The number of rotatable bonds is 9. The molecule has 0 spiro atoms. The first-order valence-electron chi connectivity index (χ1n) is 10.7. The molecule has 2 rings (SSSR count). The highest BCUT2D eigenvalue weighted by Gasteiger charge is 2.19. The molecule has 1 saturated heterocycles. The van der Waals surface area contributed by atoms with Crippen molar-refractivity contribution in [1.82, 2.24) is 20.9 Å². The summed E-state index contributed by atoms with van der Waals surface area (Å²) in [5, 5.41) is 9.41. The van der Waals surface area contributed by atoms with E-state index >= 15 is 0 Å². The van der Waals surface area contributed by atoms with Gasteiger partial charge in [0.25, 0.3) is 5.91 Å². The number of piperidine rings is 1. The Balaban J connectivity index is 1.81. The standard InChI is InChI=1S/C22H37N5O/c1-4-20-11-6-7-15-27(20)16-14-26-22(24-5-2)25-13-12-18-9-8-10-19(17-18)21(28)23-3/h8-10,17,20H,4-7,11-16H2,1-3H3,(H,23,28)(H2,24,25,26). The van der Waals surface area contributed by atoms with Gasteiger partial charge in [-0.3, -0.25) is 14.7 Å². The average Bonchev–Trinajstić information content (AvgIpc) is 2.73. The van der Waals surface area contributed by atoms with Crippen LogP contribution in [0.3, 0.4) is 0 Å². The molecule has 1 aromatic carbocycles. The maximum absolute atomic E-state index is 11.8. The summed E-state index contributed by atoms with van der Waals surface area (Å²) in [6, 6.07) is 8.51. The Bertz CT molecular complexity index is 631. The molecular weight excluding hydrogens is 350 g/mol. The Hall–Kier alpha value is -2.08. The quantitative estimate of drug-likeness (QED) is 0.450. The van der Waals surface area contributed by atoms with Gasteiger partial charge in [-0.05, 0) is 56.8 Å². The zero-order valence-corrected chi connectivity index (χ0v) is 17.8. The molecule has 0 saturated carbocycles. The molecule has 0 radical (unpaired) electrons. The van der Waals surface area contributed by atoms with E-state index in [9.17, 15) is 4.79 Å². The van der Waals surface area contributed by atoms with Crippen LogP contribution >= 0.6 is 0 Å². The van der Waals surface area contributed by atoms with Crippen molar-refractivity contribution in [3.8, 4) is 0 Å². The molecule has 1 aliphatic heterocycles. The van der Waals surface area contributed by atoms with Gasteiger partial charge in [-0.25, -0.2) is 0 Å². The minimum absolute atomic E-state index is 0.0483. The number of hydrogen-bond donors (Lipinski definition) is 3. The number of benzene rings is 1. The molecule has 6 heteroatoms. The summed E-state index contributed by atoms with van der Waals surface area (Å²) in [4.78, 5) is 19.1. The van der Waals surface area contributed by atoms with Gasteiger partial charge >= 0.3 is 0 Å². The van der Waals surface area contributed by atoms with Gasteiger partial charge in [0.05, 0.1) is 6.54 Å². The number of guanidine groups is 1. The predicted octanol–water partition coefficient (Wildman–Crippen LogP) is 2.41. The van der Waals surface area contributed by atoms with Gasteiger partial charge in [-0.2, -0.15) is 0 Å². The minimum atomic E-state index is -0.0483. The number of nitrogens with zero attached hydrogens (tertiary/aromatic N) is 2. The highest BCUT2D eigenvalue weighted by molar-refractivity contribution is 5.94. The monoisotopic (exact) mass is 387 g/mol. The lowest BCUT2D eigenvalue weighted by Gasteiger charge is -2.34. The van der Waals surface area contributed by atoms with Gasteiger partial charge in [0, 0.05) is 38.3 Å². The van der Waals surface area contributed by atoms with Gasteiger partial charge in [0.15, 0.2) is 5.96 Å². The van der Waals surface area contributed by atoms with Crippen LogP contribution in [-0.4, -0.2) is 62.6 Å². The third-order valence-corrected chi connectivity index (χ3v) is 5.34. The smallest absolute Gasteiger partial charge is 0.251 e. The number of amides is 1. The van der Waals surface area contributed by atoms with E-state index in [1.54, 1.807) is 7.05 Å². The Morgan fingerprint density at radius 1 is 1.25 bits per heavy atom. The lowest BCUT2D eigenvalue weighted by molar-refractivity contribution is 0.0963. The Morgan fingerprint density at radius 3 is 2.86 bits per heavy atom. The second-order valence-corrected chi connectivity index (χ2v) is 7.31. The first-order valence-corrected chi connectivity index (χ1v) is 10.7. The number of nitrogens with one attached hydrogen (secondary N) is 3. The van der Waals surface area contributed by atoms with E-state index in [1.807, 2.05) is 18.2 Å². The maximum Gasteiger partial charge on any atom is 0.251 e. The van der Waals surface area contributed by atoms with E-state index in [0.29, 0.717) is 5.56 Å². The molecule has 1 fully saturated rings. The topological polar surface area (TPSA) is 68.8 Å². The zero-order valence-electron chi connectivity index (χ0n) is 17.8. The number of carbonyl (C=O) groups excluding carboxylic acids is 1. The van der Waals surface area contributed by atoms with E-state index in [4.69, 9.17) is 4.99 Å². The van der Waals surface area contributed by atoms with Crippen molar-refractivity contribution in [3.05, 3.63) is 35.4 Å². The van der Waals surface area contributed by atoms with Crippen LogP contribution in [0.4, 0.5) is 0 Å². The molecule has 1 unspecified atom stereocenters. The summed E-state index contributed by atoms with van der Waals surface area (Å²) >= 11 is 0. The molecular formula is C22H37N5O. The van der Waals surface area contributed by atoms with Crippen molar-refractivity contribution in [2.24, 2.45) is 4.99 Å². The Morgan fingerprint density at radius 2 is 2.11 bits per heavy atom. The summed E-state index contributed by atoms with van der Waals surface area (Å²) in [6.45, 7) is 9.06. The lowest BCUT2D eigenvalue weighted by Crippen LogP contribution is -2.42. The van der Waals surface area contributed by atoms with Crippen molar-refractivity contribution in [2.45, 2.75) is 52.0 Å². The number of carbonyl (C=O) groups is 1. The highest BCUT2D eigenvalue weighted by atomic mass is 16.1. The molecule has 0 bridgehead atoms. The summed E-state index contributed by atoms with van der Waals surface area (Å²) in [5.41, 5.74) is 1.84. The zero-order chi connectivity index (χ0) is 20.2. The number of hydrogen-bond acceptors (Lipinski definition) is 3. The minimum Gasteiger partial charge on any atom is -0.357 e. The molecule has 1 aliphatic rings. The van der Waals surface area contributed by atoms with Crippen LogP contribution in [-0.2, 0) is 6.42 Å². The fourth-order valence-corrected chi connectivity index (χ4v) is 3.79. The van der Waals surface area contributed by atoms with Crippen molar-refractivity contribution in [2.75, 3.05) is 39.8 Å². The van der Waals surface area contributed by atoms with Gasteiger partial charge in [-0.1, -0.05) is 25.5 Å². The molecule has 1 atom stereocenters. The average molecular weight is 388 g/mol. The number of likely N-dealkylation sites (tertiary alicyclic amines) is 1. The normalized spacial score (nSPS) is 18.0. The molecule has 28 heavy (non-hydrogen) atoms. The summed E-state index contributed by atoms with van der Waals surface area (Å²) in [6.07, 6.45) is 6.08. The number of aliphatic imine (C=N–C) groups is 1. The van der Waals surface area contributed by atoms with Crippen LogP contribution in [0.2, 0.25) is 0 Å². The molecule has 1 aromatic rings. The molecule has 1 amide bonds. The second kappa shape index (κ2) is 12.4. The SMILES string of the molecule is CCNC(=NCCN1CCCCC1CC)NCCc1cccc(C(=O)NC)c1. The van der Waals surface area contributed by atoms with Crippen LogP contribution in [0.5, 0.6) is 0 Å². The maximum atomic E-state index is 11.8. The van der Waals surface area contributed by atoms with Crippen LogP contribution in [0.25, 0.3) is 0 Å². The van der Waals surface area contributed by atoms with E-state index < -0.39 is 0 Å². The lowest BCUT2D eigenvalue weighted by atomic mass is 10.0. The largest absolute Gasteiger partial charge is 0.357 e. The Kier molecular flexibility index (Phi) is 9.83. The Labute approximate surface area is 170 Å². The van der Waals surface area contributed by atoms with Crippen LogP contribution in [0.1, 0.15) is 55.5 Å².